The van der Waals surface area contributed by atoms with Gasteiger partial charge in [0.05, 0.1) is 12.8 Å². The van der Waals surface area contributed by atoms with Crippen molar-refractivity contribution < 1.29 is 4.79 Å². The summed E-state index contributed by atoms with van der Waals surface area (Å²) < 4.78 is 2.13. The number of amides is 1. The summed E-state index contributed by atoms with van der Waals surface area (Å²) >= 11 is 12.0. The molecule has 2 N–H and O–H groups in total. The van der Waals surface area contributed by atoms with Crippen molar-refractivity contribution in [2.24, 2.45) is 5.10 Å². The zero-order chi connectivity index (χ0) is 21.0. The Morgan fingerprint density at radius 1 is 1.03 bits per heavy atom. The molecule has 0 saturated carbocycles. The third kappa shape index (κ3) is 5.19. The summed E-state index contributed by atoms with van der Waals surface area (Å²) in [7, 11) is 0. The predicted octanol–water partition coefficient (Wildman–Crippen LogP) is 5.27. The molecule has 150 valence electrons. The van der Waals surface area contributed by atoms with Gasteiger partial charge in [0, 0.05) is 38.4 Å². The number of hydrogen-bond acceptors (Lipinski definition) is 3. The average Bonchev–Trinajstić information content (AvgIpc) is 2.97. The highest BCUT2D eigenvalue weighted by Gasteiger charge is 2.12. The van der Waals surface area contributed by atoms with E-state index < -0.39 is 0 Å². The number of rotatable bonds is 6. The standard InChI is InChI=1S/C22H22Cl2N4O/c1-14-4-5-19(24)11-21(14)28-15(2)10-17(16(28)3)12-26-27-22(29)13-25-20-8-6-18(23)7-9-20/h4-12,25H,13H2,1-3H3,(H,27,29)/b26-12-. The van der Waals surface area contributed by atoms with E-state index in [2.05, 4.69) is 20.4 Å². The molecule has 0 aliphatic heterocycles. The Hall–Kier alpha value is -2.76. The lowest BCUT2D eigenvalue weighted by Crippen LogP contribution is -2.25. The molecule has 0 aliphatic rings. The van der Waals surface area contributed by atoms with Crippen molar-refractivity contribution in [1.82, 2.24) is 9.99 Å². The maximum atomic E-state index is 12.0. The molecule has 0 aliphatic carbocycles. The first-order valence-corrected chi connectivity index (χ1v) is 9.87. The van der Waals surface area contributed by atoms with Crippen molar-refractivity contribution in [3.05, 3.63) is 81.1 Å². The summed E-state index contributed by atoms with van der Waals surface area (Å²) in [6, 6.07) is 15.0. The molecule has 0 bridgehead atoms. The topological polar surface area (TPSA) is 58.4 Å². The summed E-state index contributed by atoms with van der Waals surface area (Å²) in [5, 5.41) is 8.45. The first-order valence-electron chi connectivity index (χ1n) is 9.12. The van der Waals surface area contributed by atoms with E-state index in [1.807, 2.05) is 57.2 Å². The first-order chi connectivity index (χ1) is 13.8. The van der Waals surface area contributed by atoms with Gasteiger partial charge in [0.25, 0.3) is 5.91 Å². The fourth-order valence-electron chi connectivity index (χ4n) is 3.08. The fraction of sp³-hybridized carbons (Fsp3) is 0.182. The lowest BCUT2D eigenvalue weighted by molar-refractivity contribution is -0.119. The minimum atomic E-state index is -0.240. The molecule has 0 saturated heterocycles. The van der Waals surface area contributed by atoms with Gasteiger partial charge in [0.1, 0.15) is 0 Å². The summed E-state index contributed by atoms with van der Waals surface area (Å²) in [5.41, 5.74) is 8.51. The van der Waals surface area contributed by atoms with Crippen LogP contribution in [0.1, 0.15) is 22.5 Å². The van der Waals surface area contributed by atoms with Gasteiger partial charge in [-0.25, -0.2) is 5.43 Å². The van der Waals surface area contributed by atoms with Crippen molar-refractivity contribution in [3.63, 3.8) is 0 Å². The van der Waals surface area contributed by atoms with Gasteiger partial charge in [-0.05, 0) is 68.8 Å². The Bertz CT molecular complexity index is 1060. The lowest BCUT2D eigenvalue weighted by Gasteiger charge is -2.13. The molecule has 29 heavy (non-hydrogen) atoms. The van der Waals surface area contributed by atoms with E-state index in [1.165, 1.54) is 0 Å². The van der Waals surface area contributed by atoms with Gasteiger partial charge < -0.3 is 9.88 Å². The van der Waals surface area contributed by atoms with Crippen LogP contribution < -0.4 is 10.7 Å². The summed E-state index contributed by atoms with van der Waals surface area (Å²) in [5.74, 6) is -0.240. The number of nitrogens with one attached hydrogen (secondary N) is 2. The molecule has 3 rings (SSSR count). The van der Waals surface area contributed by atoms with E-state index in [0.717, 1.165) is 33.9 Å². The number of nitrogens with zero attached hydrogens (tertiary/aromatic N) is 2. The molecular weight excluding hydrogens is 407 g/mol. The molecule has 5 nitrogen and oxygen atoms in total. The minimum absolute atomic E-state index is 0.111. The second kappa shape index (κ2) is 9.16. The fourth-order valence-corrected chi connectivity index (χ4v) is 3.37. The molecular formula is C22H22Cl2N4O. The Morgan fingerprint density at radius 3 is 2.45 bits per heavy atom. The van der Waals surface area contributed by atoms with Gasteiger partial charge in [-0.15, -0.1) is 0 Å². The van der Waals surface area contributed by atoms with Crippen molar-refractivity contribution >= 4 is 41.0 Å². The number of carbonyl (C=O) groups excluding carboxylic acids is 1. The van der Waals surface area contributed by atoms with Crippen LogP contribution in [-0.4, -0.2) is 23.2 Å². The third-order valence-corrected chi connectivity index (χ3v) is 5.06. The SMILES string of the molecule is Cc1ccc(Cl)cc1-n1c(C)cc(/C=N\NC(=O)CNc2ccc(Cl)cc2)c1C. The maximum absolute atomic E-state index is 12.0. The van der Waals surface area contributed by atoms with Crippen molar-refractivity contribution in [3.8, 4) is 5.69 Å². The van der Waals surface area contributed by atoms with Gasteiger partial charge in [-0.3, -0.25) is 4.79 Å². The number of halogens is 2. The highest BCUT2D eigenvalue weighted by Crippen LogP contribution is 2.25. The normalized spacial score (nSPS) is 11.1. The largest absolute Gasteiger partial charge is 0.376 e. The number of aryl methyl sites for hydroxylation is 2. The molecule has 0 spiro atoms. The molecule has 0 fully saturated rings. The van der Waals surface area contributed by atoms with Crippen LogP contribution in [0.3, 0.4) is 0 Å². The van der Waals surface area contributed by atoms with Crippen LogP contribution in [0.5, 0.6) is 0 Å². The second-order valence-corrected chi connectivity index (χ2v) is 7.62. The summed E-state index contributed by atoms with van der Waals surface area (Å²) in [6.07, 6.45) is 1.65. The van der Waals surface area contributed by atoms with Crippen molar-refractivity contribution in [2.75, 3.05) is 11.9 Å². The van der Waals surface area contributed by atoms with Gasteiger partial charge in [0.15, 0.2) is 0 Å². The highest BCUT2D eigenvalue weighted by atomic mass is 35.5. The third-order valence-electron chi connectivity index (χ3n) is 4.57. The van der Waals surface area contributed by atoms with E-state index in [1.54, 1.807) is 18.3 Å². The van der Waals surface area contributed by atoms with Gasteiger partial charge in [0.2, 0.25) is 0 Å². The smallest absolute Gasteiger partial charge is 0.259 e. The maximum Gasteiger partial charge on any atom is 0.259 e. The van der Waals surface area contributed by atoms with E-state index in [0.29, 0.717) is 10.0 Å². The number of carbonyl (C=O) groups is 1. The zero-order valence-corrected chi connectivity index (χ0v) is 18.0. The van der Waals surface area contributed by atoms with Crippen LogP contribution in [-0.2, 0) is 4.79 Å². The molecule has 7 heteroatoms. The van der Waals surface area contributed by atoms with Crippen LogP contribution in [0.15, 0.2) is 53.6 Å². The molecule has 0 unspecified atom stereocenters. The van der Waals surface area contributed by atoms with Gasteiger partial charge in [-0.2, -0.15) is 5.10 Å². The Kier molecular flexibility index (Phi) is 6.62. The van der Waals surface area contributed by atoms with Crippen LogP contribution in [0, 0.1) is 20.8 Å². The predicted molar refractivity (Wildman–Crippen MR) is 121 cm³/mol. The quantitative estimate of drug-likeness (QED) is 0.414. The van der Waals surface area contributed by atoms with Gasteiger partial charge >= 0.3 is 0 Å². The number of hydrogen-bond donors (Lipinski definition) is 2. The monoisotopic (exact) mass is 428 g/mol. The number of anilines is 1. The van der Waals surface area contributed by atoms with E-state index in [4.69, 9.17) is 23.2 Å². The van der Waals surface area contributed by atoms with Crippen molar-refractivity contribution in [1.29, 1.82) is 0 Å². The first kappa shape index (κ1) is 21.0. The van der Waals surface area contributed by atoms with Gasteiger partial charge in [-0.1, -0.05) is 29.3 Å². The Labute approximate surface area is 180 Å². The van der Waals surface area contributed by atoms with Crippen LogP contribution in [0.25, 0.3) is 5.69 Å². The molecule has 1 heterocycles. The zero-order valence-electron chi connectivity index (χ0n) is 16.5. The Morgan fingerprint density at radius 2 is 1.72 bits per heavy atom. The second-order valence-electron chi connectivity index (χ2n) is 6.75. The molecule has 0 radical (unpaired) electrons. The highest BCUT2D eigenvalue weighted by molar-refractivity contribution is 6.31. The van der Waals surface area contributed by atoms with E-state index >= 15 is 0 Å². The lowest BCUT2D eigenvalue weighted by atomic mass is 10.2. The number of benzene rings is 2. The van der Waals surface area contributed by atoms with Crippen LogP contribution in [0.2, 0.25) is 10.0 Å². The summed E-state index contributed by atoms with van der Waals surface area (Å²) in [4.78, 5) is 12.0. The van der Waals surface area contributed by atoms with Crippen LogP contribution >= 0.6 is 23.2 Å². The average molecular weight is 429 g/mol. The molecule has 3 aromatic rings. The molecule has 2 aromatic carbocycles. The van der Waals surface area contributed by atoms with Crippen molar-refractivity contribution in [2.45, 2.75) is 20.8 Å². The minimum Gasteiger partial charge on any atom is -0.376 e. The Balaban J connectivity index is 1.66. The number of hydrazone groups is 1. The van der Waals surface area contributed by atoms with Crippen LogP contribution in [0.4, 0.5) is 5.69 Å². The molecule has 1 amide bonds. The van der Waals surface area contributed by atoms with E-state index in [9.17, 15) is 4.79 Å². The summed E-state index contributed by atoms with van der Waals surface area (Å²) in [6.45, 7) is 6.20. The van der Waals surface area contributed by atoms with E-state index in [-0.39, 0.29) is 12.5 Å². The number of aromatic nitrogens is 1. The molecule has 0 atom stereocenters. The molecule has 1 aromatic heterocycles.